The molecule has 1 rings (SSSR count). The molecule has 2 N–H and O–H groups in total. The van der Waals surface area contributed by atoms with Crippen molar-refractivity contribution in [2.45, 2.75) is 72.4 Å². The Kier molecular flexibility index (Phi) is 7.99. The second kappa shape index (κ2) is 9.04. The summed E-state index contributed by atoms with van der Waals surface area (Å²) in [5.74, 6) is 0.777. The Morgan fingerprint density at radius 3 is 2.58 bits per heavy atom. The highest BCUT2D eigenvalue weighted by molar-refractivity contribution is 7.88. The van der Waals surface area contributed by atoms with Crippen LogP contribution in [0, 0.1) is 5.41 Å². The molecule has 0 amide bonds. The lowest BCUT2D eigenvalue weighted by Gasteiger charge is -2.24. The van der Waals surface area contributed by atoms with Gasteiger partial charge in [-0.05, 0) is 44.9 Å². The van der Waals surface area contributed by atoms with E-state index in [-0.39, 0.29) is 6.04 Å². The third-order valence-corrected chi connectivity index (χ3v) is 5.60. The van der Waals surface area contributed by atoms with Crippen LogP contribution < -0.4 is 10.6 Å². The van der Waals surface area contributed by atoms with E-state index in [1.54, 1.807) is 4.31 Å². The summed E-state index contributed by atoms with van der Waals surface area (Å²) in [4.78, 5) is 4.63. The maximum absolute atomic E-state index is 11.8. The summed E-state index contributed by atoms with van der Waals surface area (Å²) in [6.07, 6.45) is 5.31. The van der Waals surface area contributed by atoms with Gasteiger partial charge in [0.15, 0.2) is 5.96 Å². The van der Waals surface area contributed by atoms with Crippen molar-refractivity contribution in [3.63, 3.8) is 0 Å². The fourth-order valence-corrected chi connectivity index (χ4v) is 4.07. The molecule has 2 atom stereocenters. The van der Waals surface area contributed by atoms with Crippen molar-refractivity contribution in [2.24, 2.45) is 10.4 Å². The van der Waals surface area contributed by atoms with Crippen LogP contribution in [0.1, 0.15) is 60.3 Å². The van der Waals surface area contributed by atoms with Crippen LogP contribution in [0.5, 0.6) is 0 Å². The summed E-state index contributed by atoms with van der Waals surface area (Å²) >= 11 is 0. The highest BCUT2D eigenvalue weighted by atomic mass is 32.2. The Morgan fingerprint density at radius 1 is 1.38 bits per heavy atom. The van der Waals surface area contributed by atoms with Gasteiger partial charge in [-0.15, -0.1) is 0 Å². The summed E-state index contributed by atoms with van der Waals surface area (Å²) in [5.41, 5.74) is 0.325. The van der Waals surface area contributed by atoms with Crippen LogP contribution in [-0.4, -0.2) is 56.7 Å². The first-order valence-corrected chi connectivity index (χ1v) is 10.9. The smallest absolute Gasteiger partial charge is 0.211 e. The zero-order valence-electron chi connectivity index (χ0n) is 16.2. The van der Waals surface area contributed by atoms with Crippen molar-refractivity contribution in [1.29, 1.82) is 0 Å². The lowest BCUT2D eigenvalue weighted by molar-refractivity contribution is 0.346. The van der Waals surface area contributed by atoms with Gasteiger partial charge in [0.25, 0.3) is 0 Å². The lowest BCUT2D eigenvalue weighted by Crippen LogP contribution is -2.44. The Labute approximate surface area is 148 Å². The highest BCUT2D eigenvalue weighted by Gasteiger charge is 2.31. The summed E-state index contributed by atoms with van der Waals surface area (Å²) in [5, 5.41) is 6.70. The molecule has 1 unspecified atom stereocenters. The Hall–Kier alpha value is -0.820. The van der Waals surface area contributed by atoms with E-state index in [1.807, 2.05) is 6.92 Å². The number of nitrogens with zero attached hydrogens (tertiary/aromatic N) is 2. The van der Waals surface area contributed by atoms with E-state index in [4.69, 9.17) is 0 Å². The number of rotatable bonds is 7. The second-order valence-corrected chi connectivity index (χ2v) is 9.97. The molecule has 0 aliphatic carbocycles. The molecular formula is C17H36N4O2S. The van der Waals surface area contributed by atoms with Gasteiger partial charge in [0.05, 0.1) is 12.8 Å². The van der Waals surface area contributed by atoms with E-state index in [1.165, 1.54) is 6.26 Å². The molecular weight excluding hydrogens is 324 g/mol. The first-order chi connectivity index (χ1) is 11.0. The molecule has 6 nitrogen and oxygen atoms in total. The van der Waals surface area contributed by atoms with Crippen LogP contribution in [0.2, 0.25) is 0 Å². The molecule has 0 aromatic heterocycles. The molecule has 0 aromatic rings. The molecule has 0 aromatic carbocycles. The average Bonchev–Trinajstić information content (AvgIpc) is 2.90. The van der Waals surface area contributed by atoms with Gasteiger partial charge in [-0.25, -0.2) is 8.42 Å². The van der Waals surface area contributed by atoms with E-state index in [9.17, 15) is 8.42 Å². The van der Waals surface area contributed by atoms with Crippen molar-refractivity contribution in [1.82, 2.24) is 14.9 Å². The quantitative estimate of drug-likeness (QED) is 0.539. The molecule has 0 spiro atoms. The number of hydrogen-bond acceptors (Lipinski definition) is 3. The molecule has 0 saturated carbocycles. The van der Waals surface area contributed by atoms with E-state index in [2.05, 4.69) is 43.3 Å². The van der Waals surface area contributed by atoms with Gasteiger partial charge >= 0.3 is 0 Å². The fourth-order valence-electron chi connectivity index (χ4n) is 2.90. The van der Waals surface area contributed by atoms with E-state index < -0.39 is 10.0 Å². The number of hydrogen-bond donors (Lipinski definition) is 2. The predicted octanol–water partition coefficient (Wildman–Crippen LogP) is 2.18. The second-order valence-electron chi connectivity index (χ2n) is 8.03. The van der Waals surface area contributed by atoms with E-state index in [0.717, 1.165) is 38.2 Å². The van der Waals surface area contributed by atoms with Crippen molar-refractivity contribution in [3.05, 3.63) is 0 Å². The average molecular weight is 361 g/mol. The molecule has 1 fully saturated rings. The van der Waals surface area contributed by atoms with Gasteiger partial charge < -0.3 is 10.6 Å². The van der Waals surface area contributed by atoms with Gasteiger partial charge in [0, 0.05) is 25.2 Å². The van der Waals surface area contributed by atoms with Crippen LogP contribution in [0.15, 0.2) is 4.99 Å². The minimum atomic E-state index is -3.14. The first kappa shape index (κ1) is 21.2. The van der Waals surface area contributed by atoms with Gasteiger partial charge in [-0.1, -0.05) is 20.8 Å². The number of guanidine groups is 1. The summed E-state index contributed by atoms with van der Waals surface area (Å²) in [6, 6.07) is 0.317. The summed E-state index contributed by atoms with van der Waals surface area (Å²) in [7, 11) is -3.14. The van der Waals surface area contributed by atoms with Gasteiger partial charge in [-0.3, -0.25) is 4.99 Å². The molecule has 7 heteroatoms. The standard InChI is InChI=1S/C17H36N4O2S/c1-7-18-16(20-14(2)10-11-17(3,4)5)19-13-15-9-8-12-21(15)24(6,22)23/h14-15H,7-13H2,1-6H3,(H2,18,19,20)/t14?,15-/m1/s1. The number of sulfonamides is 1. The Morgan fingerprint density at radius 2 is 2.04 bits per heavy atom. The maximum atomic E-state index is 11.8. The number of nitrogens with one attached hydrogen (secondary N) is 2. The SMILES string of the molecule is CCNC(=NC[C@H]1CCCN1S(C)(=O)=O)NC(C)CCC(C)(C)C. The zero-order chi connectivity index (χ0) is 18.4. The molecule has 0 bridgehead atoms. The molecule has 0 radical (unpaired) electrons. The summed E-state index contributed by atoms with van der Waals surface area (Å²) in [6.45, 7) is 12.9. The van der Waals surface area contributed by atoms with Gasteiger partial charge in [0.1, 0.15) is 0 Å². The van der Waals surface area contributed by atoms with Crippen LogP contribution in [-0.2, 0) is 10.0 Å². The minimum Gasteiger partial charge on any atom is -0.357 e. The first-order valence-electron chi connectivity index (χ1n) is 9.04. The third-order valence-electron chi connectivity index (χ3n) is 4.26. The molecule has 1 heterocycles. The van der Waals surface area contributed by atoms with Crippen molar-refractivity contribution in [3.8, 4) is 0 Å². The molecule has 1 saturated heterocycles. The van der Waals surface area contributed by atoms with Crippen LogP contribution in [0.3, 0.4) is 0 Å². The van der Waals surface area contributed by atoms with E-state index >= 15 is 0 Å². The molecule has 24 heavy (non-hydrogen) atoms. The lowest BCUT2D eigenvalue weighted by atomic mass is 9.89. The summed E-state index contributed by atoms with van der Waals surface area (Å²) < 4.78 is 25.2. The van der Waals surface area contributed by atoms with Crippen molar-refractivity contribution < 1.29 is 8.42 Å². The Bertz CT molecular complexity index is 511. The highest BCUT2D eigenvalue weighted by Crippen LogP contribution is 2.22. The van der Waals surface area contributed by atoms with Crippen LogP contribution in [0.4, 0.5) is 0 Å². The van der Waals surface area contributed by atoms with Gasteiger partial charge in [0.2, 0.25) is 10.0 Å². The van der Waals surface area contributed by atoms with Crippen LogP contribution in [0.25, 0.3) is 0 Å². The monoisotopic (exact) mass is 360 g/mol. The van der Waals surface area contributed by atoms with E-state index in [0.29, 0.717) is 24.5 Å². The Balaban J connectivity index is 2.62. The molecule has 1 aliphatic rings. The molecule has 1 aliphatic heterocycles. The topological polar surface area (TPSA) is 73.8 Å². The van der Waals surface area contributed by atoms with Crippen LogP contribution >= 0.6 is 0 Å². The number of aliphatic imine (C=N–C) groups is 1. The normalized spacial score (nSPS) is 21.8. The fraction of sp³-hybridized carbons (Fsp3) is 0.941. The largest absolute Gasteiger partial charge is 0.357 e. The molecule has 142 valence electrons. The maximum Gasteiger partial charge on any atom is 0.211 e. The zero-order valence-corrected chi connectivity index (χ0v) is 17.0. The van der Waals surface area contributed by atoms with Crippen molar-refractivity contribution in [2.75, 3.05) is 25.9 Å². The predicted molar refractivity (Wildman–Crippen MR) is 102 cm³/mol. The third kappa shape index (κ3) is 7.83. The minimum absolute atomic E-state index is 0.0136. The van der Waals surface area contributed by atoms with Gasteiger partial charge in [-0.2, -0.15) is 4.31 Å². The van der Waals surface area contributed by atoms with Crippen molar-refractivity contribution >= 4 is 16.0 Å².